The van der Waals surface area contributed by atoms with Gasteiger partial charge in [0.05, 0.1) is 5.02 Å². The molecule has 1 saturated heterocycles. The molecule has 1 aliphatic heterocycles. The first-order valence-corrected chi connectivity index (χ1v) is 5.71. The minimum absolute atomic E-state index is 0. The average molecular weight is 313 g/mol. The molecule has 0 radical (unpaired) electrons. The molecule has 2 rings (SSSR count). The van der Waals surface area contributed by atoms with Gasteiger partial charge in [0.2, 0.25) is 0 Å². The summed E-state index contributed by atoms with van der Waals surface area (Å²) in [6.07, 6.45) is 3.43. The van der Waals surface area contributed by atoms with Gasteiger partial charge in [-0.2, -0.15) is 0 Å². The number of piperidine rings is 1. The fourth-order valence-electron chi connectivity index (χ4n) is 1.86. The summed E-state index contributed by atoms with van der Waals surface area (Å²) in [5.74, 6) is -0.0631. The number of nitrogens with zero attached hydrogens (tertiary/aromatic N) is 2. The Morgan fingerprint density at radius 1 is 1.44 bits per heavy atom. The van der Waals surface area contributed by atoms with E-state index >= 15 is 0 Å². The molecule has 4 nitrogen and oxygen atoms in total. The van der Waals surface area contributed by atoms with E-state index in [2.05, 4.69) is 4.98 Å². The molecule has 0 aliphatic carbocycles. The van der Waals surface area contributed by atoms with E-state index in [1.54, 1.807) is 17.0 Å². The lowest BCUT2D eigenvalue weighted by atomic mass is 10.1. The van der Waals surface area contributed by atoms with Crippen molar-refractivity contribution in [3.63, 3.8) is 0 Å². The molecular formula is C11H16Cl3N3O. The maximum Gasteiger partial charge on any atom is 0.272 e. The van der Waals surface area contributed by atoms with Crippen molar-refractivity contribution in [3.05, 3.63) is 29.0 Å². The summed E-state index contributed by atoms with van der Waals surface area (Å²) < 4.78 is 0. The van der Waals surface area contributed by atoms with Crippen molar-refractivity contribution in [1.29, 1.82) is 0 Å². The molecule has 1 fully saturated rings. The van der Waals surface area contributed by atoms with E-state index in [1.165, 1.54) is 6.20 Å². The largest absolute Gasteiger partial charge is 0.336 e. The highest BCUT2D eigenvalue weighted by molar-refractivity contribution is 6.30. The first kappa shape index (κ1) is 17.4. The van der Waals surface area contributed by atoms with E-state index in [0.29, 0.717) is 17.3 Å². The van der Waals surface area contributed by atoms with Crippen LogP contribution in [0.1, 0.15) is 23.3 Å². The van der Waals surface area contributed by atoms with E-state index in [-0.39, 0.29) is 36.8 Å². The van der Waals surface area contributed by atoms with Gasteiger partial charge in [0.15, 0.2) is 0 Å². The van der Waals surface area contributed by atoms with Crippen molar-refractivity contribution in [3.8, 4) is 0 Å². The zero-order valence-corrected chi connectivity index (χ0v) is 12.1. The minimum Gasteiger partial charge on any atom is -0.336 e. The van der Waals surface area contributed by atoms with Gasteiger partial charge < -0.3 is 10.6 Å². The van der Waals surface area contributed by atoms with Crippen molar-refractivity contribution >= 4 is 42.3 Å². The van der Waals surface area contributed by atoms with Gasteiger partial charge in [-0.3, -0.25) is 4.79 Å². The Kier molecular flexibility index (Phi) is 7.55. The maximum atomic E-state index is 12.0. The third-order valence-corrected chi connectivity index (χ3v) is 2.92. The number of hydrogen-bond acceptors (Lipinski definition) is 3. The van der Waals surface area contributed by atoms with Crippen molar-refractivity contribution in [2.45, 2.75) is 18.9 Å². The number of rotatable bonds is 1. The lowest BCUT2D eigenvalue weighted by Crippen LogP contribution is -2.45. The summed E-state index contributed by atoms with van der Waals surface area (Å²) in [5.41, 5.74) is 6.26. The molecule has 1 atom stereocenters. The second kappa shape index (κ2) is 7.79. The molecule has 1 aliphatic rings. The number of amides is 1. The molecular weight excluding hydrogens is 297 g/mol. The monoisotopic (exact) mass is 311 g/mol. The summed E-state index contributed by atoms with van der Waals surface area (Å²) in [6.45, 7) is 1.37. The molecule has 0 bridgehead atoms. The fourth-order valence-corrected chi connectivity index (χ4v) is 1.97. The molecule has 18 heavy (non-hydrogen) atoms. The number of nitrogens with two attached hydrogens (primary N) is 1. The van der Waals surface area contributed by atoms with Crippen molar-refractivity contribution in [1.82, 2.24) is 9.88 Å². The highest BCUT2D eigenvalue weighted by Crippen LogP contribution is 2.13. The summed E-state index contributed by atoms with van der Waals surface area (Å²) in [7, 11) is 0. The summed E-state index contributed by atoms with van der Waals surface area (Å²) in [6, 6.07) is 3.40. The number of likely N-dealkylation sites (tertiary alicyclic amines) is 1. The second-order valence-corrected chi connectivity index (χ2v) is 4.45. The maximum absolute atomic E-state index is 12.0. The summed E-state index contributed by atoms with van der Waals surface area (Å²) >= 11 is 5.72. The van der Waals surface area contributed by atoms with Crippen LogP contribution in [0, 0.1) is 0 Å². The van der Waals surface area contributed by atoms with Crippen LogP contribution in [0.3, 0.4) is 0 Å². The predicted molar refractivity (Wildman–Crippen MR) is 76.9 cm³/mol. The third-order valence-electron chi connectivity index (χ3n) is 2.69. The number of hydrogen-bond donors (Lipinski definition) is 1. The van der Waals surface area contributed by atoms with Crippen LogP contribution in [-0.2, 0) is 0 Å². The van der Waals surface area contributed by atoms with E-state index < -0.39 is 0 Å². The molecule has 102 valence electrons. The topological polar surface area (TPSA) is 59.2 Å². The number of pyridine rings is 1. The summed E-state index contributed by atoms with van der Waals surface area (Å²) in [5, 5.41) is 0.534. The van der Waals surface area contributed by atoms with Gasteiger partial charge in [-0.1, -0.05) is 11.6 Å². The highest BCUT2D eigenvalue weighted by atomic mass is 35.5. The van der Waals surface area contributed by atoms with Gasteiger partial charge >= 0.3 is 0 Å². The van der Waals surface area contributed by atoms with Crippen molar-refractivity contribution < 1.29 is 4.79 Å². The van der Waals surface area contributed by atoms with Gasteiger partial charge in [0.1, 0.15) is 5.69 Å². The van der Waals surface area contributed by atoms with Crippen LogP contribution in [0.4, 0.5) is 0 Å². The molecule has 0 spiro atoms. The fraction of sp³-hybridized carbons (Fsp3) is 0.455. The zero-order valence-electron chi connectivity index (χ0n) is 9.71. The molecule has 2 heterocycles. The molecule has 7 heteroatoms. The zero-order chi connectivity index (χ0) is 11.5. The first-order chi connectivity index (χ1) is 7.66. The molecule has 2 N–H and O–H groups in total. The van der Waals surface area contributed by atoms with E-state index in [9.17, 15) is 4.79 Å². The number of carbonyl (C=O) groups excluding carboxylic acids is 1. The van der Waals surface area contributed by atoms with Gasteiger partial charge in [-0.05, 0) is 25.0 Å². The number of aromatic nitrogens is 1. The van der Waals surface area contributed by atoms with Crippen molar-refractivity contribution in [2.24, 2.45) is 5.73 Å². The molecule has 0 aromatic carbocycles. The highest BCUT2D eigenvalue weighted by Gasteiger charge is 2.22. The Bertz CT molecular complexity index is 386. The smallest absolute Gasteiger partial charge is 0.272 e. The van der Waals surface area contributed by atoms with Crippen LogP contribution in [0.15, 0.2) is 18.3 Å². The normalized spacial score (nSPS) is 18.6. The number of carbonyl (C=O) groups is 1. The van der Waals surface area contributed by atoms with Crippen LogP contribution >= 0.6 is 36.4 Å². The van der Waals surface area contributed by atoms with Crippen LogP contribution in [0.2, 0.25) is 5.02 Å². The predicted octanol–water partition coefficient (Wildman–Crippen LogP) is 2.14. The van der Waals surface area contributed by atoms with E-state index in [1.807, 2.05) is 0 Å². The molecule has 1 aromatic heterocycles. The lowest BCUT2D eigenvalue weighted by molar-refractivity contribution is 0.0703. The van der Waals surface area contributed by atoms with Gasteiger partial charge in [-0.25, -0.2) is 4.98 Å². The van der Waals surface area contributed by atoms with E-state index in [0.717, 1.165) is 19.4 Å². The minimum atomic E-state index is -0.0631. The Morgan fingerprint density at radius 2 is 2.17 bits per heavy atom. The average Bonchev–Trinajstić information content (AvgIpc) is 2.29. The van der Waals surface area contributed by atoms with E-state index in [4.69, 9.17) is 17.3 Å². The number of halogens is 3. The quantitative estimate of drug-likeness (QED) is 0.864. The lowest BCUT2D eigenvalue weighted by Gasteiger charge is -2.30. The van der Waals surface area contributed by atoms with Crippen LogP contribution in [0.5, 0.6) is 0 Å². The Balaban J connectivity index is 0.00000144. The molecule has 0 saturated carbocycles. The first-order valence-electron chi connectivity index (χ1n) is 5.33. The van der Waals surface area contributed by atoms with Gasteiger partial charge in [0, 0.05) is 25.3 Å². The van der Waals surface area contributed by atoms with Crippen molar-refractivity contribution in [2.75, 3.05) is 13.1 Å². The SMILES string of the molecule is Cl.Cl.N[C@@H]1CCCN(C(=O)c2ccc(Cl)cn2)C1. The standard InChI is InChI=1S/C11H14ClN3O.2ClH/c12-8-3-4-10(14-6-8)11(16)15-5-1-2-9(13)7-15;;/h3-4,6,9H,1-2,5,7,13H2;2*1H/t9-;;/m1../s1. The van der Waals surface area contributed by atoms with Crippen LogP contribution < -0.4 is 5.73 Å². The van der Waals surface area contributed by atoms with Crippen LogP contribution in [-0.4, -0.2) is 34.9 Å². The second-order valence-electron chi connectivity index (χ2n) is 4.02. The molecule has 0 unspecified atom stereocenters. The Hall–Kier alpha value is -0.550. The molecule has 1 aromatic rings. The Morgan fingerprint density at radius 3 is 2.72 bits per heavy atom. The summed E-state index contributed by atoms with van der Waals surface area (Å²) in [4.78, 5) is 17.8. The Labute approximate surface area is 124 Å². The third kappa shape index (κ3) is 4.28. The van der Waals surface area contributed by atoms with Gasteiger partial charge in [-0.15, -0.1) is 24.8 Å². The van der Waals surface area contributed by atoms with Crippen LogP contribution in [0.25, 0.3) is 0 Å². The van der Waals surface area contributed by atoms with Gasteiger partial charge in [0.25, 0.3) is 5.91 Å². The molecule has 1 amide bonds.